The normalized spacial score (nSPS) is 16.6. The van der Waals surface area contributed by atoms with Crippen molar-refractivity contribution in [2.45, 2.75) is 38.6 Å². The largest absolute Gasteiger partial charge is 1.00 e. The van der Waals surface area contributed by atoms with Crippen LogP contribution in [0.4, 0.5) is 11.5 Å². The molecule has 0 spiro atoms. The fraction of sp³-hybridized carbons (Fsp3) is 0.333. The molecule has 1 atom stereocenters. The number of nitro groups is 1. The van der Waals surface area contributed by atoms with Crippen molar-refractivity contribution in [3.8, 4) is 11.4 Å². The van der Waals surface area contributed by atoms with Crippen molar-refractivity contribution in [1.29, 1.82) is 0 Å². The monoisotopic (exact) mass is 397 g/mol. The van der Waals surface area contributed by atoms with Crippen molar-refractivity contribution >= 4 is 22.4 Å². The van der Waals surface area contributed by atoms with Gasteiger partial charge in [-0.05, 0) is 49.9 Å². The SMILES string of the molecule is CCC1CCCCN1c1nc(-c2ccc([N+](=O)[O-])cc2)nc2ccccc12.[Cl-]. The van der Waals surface area contributed by atoms with Gasteiger partial charge in [-0.25, -0.2) is 9.97 Å². The molecule has 4 rings (SSSR count). The third-order valence-corrected chi connectivity index (χ3v) is 5.29. The first-order valence-corrected chi connectivity index (χ1v) is 9.45. The Morgan fingerprint density at radius 3 is 2.57 bits per heavy atom. The van der Waals surface area contributed by atoms with Gasteiger partial charge < -0.3 is 17.3 Å². The van der Waals surface area contributed by atoms with Crippen molar-refractivity contribution in [1.82, 2.24) is 9.97 Å². The van der Waals surface area contributed by atoms with Crippen LogP contribution in [0.1, 0.15) is 32.6 Å². The molecule has 1 aliphatic rings. The summed E-state index contributed by atoms with van der Waals surface area (Å²) in [5.41, 5.74) is 1.76. The first-order valence-electron chi connectivity index (χ1n) is 9.45. The zero-order valence-corrected chi connectivity index (χ0v) is 16.5. The Balaban J connectivity index is 0.00000225. The van der Waals surface area contributed by atoms with Crippen LogP contribution in [0.2, 0.25) is 0 Å². The quantitative estimate of drug-likeness (QED) is 0.497. The molecular weight excluding hydrogens is 376 g/mol. The standard InChI is InChI=1S/C21H22N4O2.ClH/c1-2-16-7-5-6-14-24(16)21-18-8-3-4-9-19(18)22-20(23-21)15-10-12-17(13-11-15)25(26)27;/h3-4,8-13,16H,2,5-7,14H2,1H3;1H/p-1. The van der Waals surface area contributed by atoms with Crippen LogP contribution in [0, 0.1) is 10.1 Å². The van der Waals surface area contributed by atoms with E-state index < -0.39 is 4.92 Å². The average Bonchev–Trinajstić information content (AvgIpc) is 2.73. The minimum Gasteiger partial charge on any atom is -1.00 e. The van der Waals surface area contributed by atoms with Gasteiger partial charge in [0.15, 0.2) is 5.82 Å². The topological polar surface area (TPSA) is 72.2 Å². The first kappa shape index (κ1) is 20.0. The lowest BCUT2D eigenvalue weighted by molar-refractivity contribution is -0.384. The average molecular weight is 398 g/mol. The molecular formula is C21H22ClN4O2-. The molecule has 1 saturated heterocycles. The van der Waals surface area contributed by atoms with Crippen molar-refractivity contribution < 1.29 is 17.3 Å². The van der Waals surface area contributed by atoms with Gasteiger partial charge >= 0.3 is 0 Å². The molecule has 3 aromatic rings. The number of fused-ring (bicyclic) bond motifs is 1. The van der Waals surface area contributed by atoms with Crippen LogP contribution in [-0.4, -0.2) is 27.5 Å². The van der Waals surface area contributed by atoms with Crippen LogP contribution >= 0.6 is 0 Å². The van der Waals surface area contributed by atoms with Crippen LogP contribution in [0.15, 0.2) is 48.5 Å². The summed E-state index contributed by atoms with van der Waals surface area (Å²) in [6, 6.07) is 15.0. The van der Waals surface area contributed by atoms with Gasteiger partial charge in [-0.1, -0.05) is 19.1 Å². The number of anilines is 1. The lowest BCUT2D eigenvalue weighted by Crippen LogP contribution is -3.00. The highest BCUT2D eigenvalue weighted by molar-refractivity contribution is 5.91. The fourth-order valence-corrected chi connectivity index (χ4v) is 3.84. The summed E-state index contributed by atoms with van der Waals surface area (Å²) in [6.07, 6.45) is 4.70. The number of halogens is 1. The summed E-state index contributed by atoms with van der Waals surface area (Å²) >= 11 is 0. The van der Waals surface area contributed by atoms with Gasteiger partial charge in [-0.15, -0.1) is 0 Å². The van der Waals surface area contributed by atoms with Gasteiger partial charge in [0.05, 0.1) is 10.4 Å². The molecule has 28 heavy (non-hydrogen) atoms. The molecule has 2 heterocycles. The Kier molecular flexibility index (Phi) is 6.09. The van der Waals surface area contributed by atoms with E-state index >= 15 is 0 Å². The van der Waals surface area contributed by atoms with E-state index in [1.54, 1.807) is 12.1 Å². The second-order valence-corrected chi connectivity index (χ2v) is 6.94. The minimum atomic E-state index is -0.393. The lowest BCUT2D eigenvalue weighted by Gasteiger charge is -2.37. The number of hydrogen-bond acceptors (Lipinski definition) is 5. The van der Waals surface area contributed by atoms with E-state index in [0.29, 0.717) is 11.9 Å². The molecule has 0 saturated carbocycles. The fourth-order valence-electron chi connectivity index (χ4n) is 3.84. The molecule has 1 fully saturated rings. The summed E-state index contributed by atoms with van der Waals surface area (Å²) in [4.78, 5) is 22.6. The predicted octanol–water partition coefficient (Wildman–Crippen LogP) is 1.98. The van der Waals surface area contributed by atoms with Gasteiger partial charge in [0.25, 0.3) is 5.69 Å². The molecule has 0 amide bonds. The summed E-state index contributed by atoms with van der Waals surface area (Å²) in [7, 11) is 0. The van der Waals surface area contributed by atoms with Gasteiger partial charge in [0.2, 0.25) is 0 Å². The number of para-hydroxylation sites is 1. The van der Waals surface area contributed by atoms with E-state index in [2.05, 4.69) is 17.9 Å². The molecule has 1 aromatic heterocycles. The van der Waals surface area contributed by atoms with E-state index in [0.717, 1.165) is 35.2 Å². The maximum atomic E-state index is 10.9. The minimum absolute atomic E-state index is 0. The Hall–Kier alpha value is -2.73. The zero-order valence-electron chi connectivity index (χ0n) is 15.7. The summed E-state index contributed by atoms with van der Waals surface area (Å²) in [5, 5.41) is 12.0. The number of piperidine rings is 1. The Morgan fingerprint density at radius 2 is 1.86 bits per heavy atom. The molecule has 6 nitrogen and oxygen atoms in total. The number of benzene rings is 2. The molecule has 1 aliphatic heterocycles. The number of aromatic nitrogens is 2. The van der Waals surface area contributed by atoms with Crippen LogP contribution in [0.3, 0.4) is 0 Å². The van der Waals surface area contributed by atoms with Gasteiger partial charge in [0.1, 0.15) is 5.82 Å². The molecule has 1 unspecified atom stereocenters. The smallest absolute Gasteiger partial charge is 0.269 e. The van der Waals surface area contributed by atoms with Crippen LogP contribution in [-0.2, 0) is 0 Å². The van der Waals surface area contributed by atoms with Gasteiger partial charge in [0, 0.05) is 35.7 Å². The highest BCUT2D eigenvalue weighted by atomic mass is 35.5. The molecule has 7 heteroatoms. The van der Waals surface area contributed by atoms with Crippen molar-refractivity contribution in [2.75, 3.05) is 11.4 Å². The lowest BCUT2D eigenvalue weighted by atomic mass is 9.99. The Morgan fingerprint density at radius 1 is 1.11 bits per heavy atom. The highest BCUT2D eigenvalue weighted by Gasteiger charge is 2.24. The third kappa shape index (κ3) is 3.78. The molecule has 2 aromatic carbocycles. The molecule has 146 valence electrons. The van der Waals surface area contributed by atoms with Gasteiger partial charge in [-0.3, -0.25) is 10.1 Å². The second kappa shape index (κ2) is 8.52. The van der Waals surface area contributed by atoms with Crippen molar-refractivity contribution in [2.24, 2.45) is 0 Å². The van der Waals surface area contributed by atoms with Crippen LogP contribution < -0.4 is 17.3 Å². The van der Waals surface area contributed by atoms with E-state index in [1.807, 2.05) is 18.2 Å². The summed E-state index contributed by atoms with van der Waals surface area (Å²) in [5.74, 6) is 1.58. The summed E-state index contributed by atoms with van der Waals surface area (Å²) in [6.45, 7) is 3.23. The summed E-state index contributed by atoms with van der Waals surface area (Å²) < 4.78 is 0. The molecule has 0 aliphatic carbocycles. The van der Waals surface area contributed by atoms with Gasteiger partial charge in [-0.2, -0.15) is 0 Å². The van der Waals surface area contributed by atoms with Crippen LogP contribution in [0.25, 0.3) is 22.3 Å². The predicted molar refractivity (Wildman–Crippen MR) is 107 cm³/mol. The van der Waals surface area contributed by atoms with E-state index in [1.165, 1.54) is 31.4 Å². The van der Waals surface area contributed by atoms with E-state index in [-0.39, 0.29) is 18.1 Å². The maximum absolute atomic E-state index is 10.9. The molecule has 0 bridgehead atoms. The van der Waals surface area contributed by atoms with Crippen molar-refractivity contribution in [3.05, 3.63) is 58.6 Å². The molecule has 0 radical (unpaired) electrons. The maximum Gasteiger partial charge on any atom is 0.269 e. The van der Waals surface area contributed by atoms with Crippen molar-refractivity contribution in [3.63, 3.8) is 0 Å². The van der Waals surface area contributed by atoms with Crippen LogP contribution in [0.5, 0.6) is 0 Å². The Labute approximate surface area is 170 Å². The second-order valence-electron chi connectivity index (χ2n) is 6.94. The first-order chi connectivity index (χ1) is 13.2. The Bertz CT molecular complexity index is 978. The highest BCUT2D eigenvalue weighted by Crippen LogP contribution is 2.32. The number of nitro benzene ring substituents is 1. The number of nitrogens with zero attached hydrogens (tertiary/aromatic N) is 4. The van der Waals surface area contributed by atoms with E-state index in [4.69, 9.17) is 9.97 Å². The third-order valence-electron chi connectivity index (χ3n) is 5.29. The number of non-ortho nitro benzene ring substituents is 1. The zero-order chi connectivity index (χ0) is 18.8. The number of hydrogen-bond donors (Lipinski definition) is 0. The molecule has 0 N–H and O–H groups in total. The van der Waals surface area contributed by atoms with E-state index in [9.17, 15) is 10.1 Å². The number of rotatable bonds is 4.